The first-order chi connectivity index (χ1) is 14.3. The molecule has 0 unspecified atom stereocenters. The summed E-state index contributed by atoms with van der Waals surface area (Å²) < 4.78 is 2.06. The predicted molar refractivity (Wildman–Crippen MR) is 113 cm³/mol. The maximum Gasteiger partial charge on any atom is 0.352 e. The van der Waals surface area contributed by atoms with Crippen molar-refractivity contribution in [2.45, 2.75) is 22.7 Å². The van der Waals surface area contributed by atoms with E-state index in [9.17, 15) is 19.5 Å². The molecular weight excluding hydrogens is 472 g/mol. The Bertz CT molecular complexity index is 1060. The van der Waals surface area contributed by atoms with Crippen LogP contribution in [0.1, 0.15) is 15.5 Å². The van der Waals surface area contributed by atoms with Gasteiger partial charge in [0, 0.05) is 18.6 Å². The summed E-state index contributed by atoms with van der Waals surface area (Å²) in [5.41, 5.74) is 0.748. The molecule has 0 radical (unpaired) electrons. The lowest BCUT2D eigenvalue weighted by molar-refractivity contribution is -0.148. The second-order valence-electron chi connectivity index (χ2n) is 6.46. The summed E-state index contributed by atoms with van der Waals surface area (Å²) in [5, 5.41) is 24.8. The fourth-order valence-electron chi connectivity index (χ4n) is 3.16. The summed E-state index contributed by atoms with van der Waals surface area (Å²) in [7, 11) is 1.57. The first kappa shape index (κ1) is 21.2. The van der Waals surface area contributed by atoms with Crippen LogP contribution in [-0.4, -0.2) is 70.7 Å². The Balaban J connectivity index is 1.50. The van der Waals surface area contributed by atoms with Crippen molar-refractivity contribution in [3.05, 3.63) is 33.2 Å². The third-order valence-electron chi connectivity index (χ3n) is 4.52. The highest BCUT2D eigenvalue weighted by molar-refractivity contribution is 8.01. The molecule has 2 atom stereocenters. The number of nitrogens with zero attached hydrogens (tertiary/aromatic N) is 5. The fourth-order valence-corrected chi connectivity index (χ4v) is 6.71. The number of hydrogen-bond acceptors (Lipinski definition) is 9. The molecule has 4 heterocycles. The molecule has 2 aromatic heterocycles. The van der Waals surface area contributed by atoms with E-state index in [-0.39, 0.29) is 16.4 Å². The van der Waals surface area contributed by atoms with Gasteiger partial charge in [-0.05, 0) is 12.5 Å². The van der Waals surface area contributed by atoms with Crippen LogP contribution in [0.15, 0.2) is 21.8 Å². The highest BCUT2D eigenvalue weighted by atomic mass is 35.5. The largest absolute Gasteiger partial charge is 0.477 e. The molecule has 14 heteroatoms. The molecule has 2 aliphatic heterocycles. The molecule has 0 aromatic carbocycles. The number of nitrogens with one attached hydrogen (secondary N) is 1. The molecule has 1 fully saturated rings. The van der Waals surface area contributed by atoms with E-state index in [1.807, 2.05) is 6.92 Å². The lowest BCUT2D eigenvalue weighted by Gasteiger charge is -2.49. The molecule has 30 heavy (non-hydrogen) atoms. The summed E-state index contributed by atoms with van der Waals surface area (Å²) >= 11 is 10.2. The van der Waals surface area contributed by atoms with Crippen molar-refractivity contribution in [1.82, 2.24) is 30.2 Å². The average molecular weight is 487 g/mol. The molecule has 0 spiro atoms. The van der Waals surface area contributed by atoms with E-state index >= 15 is 0 Å². The van der Waals surface area contributed by atoms with E-state index in [4.69, 9.17) is 11.6 Å². The van der Waals surface area contributed by atoms with Gasteiger partial charge >= 0.3 is 5.97 Å². The molecule has 10 nitrogen and oxygen atoms in total. The fraction of sp³-hybridized carbons (Fsp3) is 0.375. The molecular formula is C16H15ClN6O4S3. The minimum Gasteiger partial charge on any atom is -0.477 e. The van der Waals surface area contributed by atoms with Crippen LogP contribution in [0.25, 0.3) is 0 Å². The number of carboxylic acids is 1. The van der Waals surface area contributed by atoms with Gasteiger partial charge < -0.3 is 10.4 Å². The van der Waals surface area contributed by atoms with Gasteiger partial charge in [-0.25, -0.2) is 4.79 Å². The van der Waals surface area contributed by atoms with Crippen molar-refractivity contribution in [2.75, 3.05) is 11.5 Å². The summed E-state index contributed by atoms with van der Waals surface area (Å²) in [6.07, 6.45) is 1.34. The zero-order valence-electron chi connectivity index (χ0n) is 15.7. The van der Waals surface area contributed by atoms with Gasteiger partial charge in [0.2, 0.25) is 0 Å². The number of rotatable bonds is 6. The Hall–Kier alpha value is -2.09. The van der Waals surface area contributed by atoms with Crippen molar-refractivity contribution in [3.8, 4) is 0 Å². The average Bonchev–Trinajstić information content (AvgIpc) is 3.27. The van der Waals surface area contributed by atoms with Gasteiger partial charge in [0.15, 0.2) is 4.34 Å². The Labute approximate surface area is 188 Å². The van der Waals surface area contributed by atoms with Crippen LogP contribution in [0.4, 0.5) is 0 Å². The Morgan fingerprint density at radius 3 is 2.80 bits per heavy atom. The monoisotopic (exact) mass is 486 g/mol. The van der Waals surface area contributed by atoms with E-state index in [1.54, 1.807) is 7.05 Å². The smallest absolute Gasteiger partial charge is 0.352 e. The zero-order chi connectivity index (χ0) is 21.6. The quantitative estimate of drug-likeness (QED) is 0.459. The number of fused-ring (bicyclic) bond motifs is 1. The summed E-state index contributed by atoms with van der Waals surface area (Å²) in [4.78, 5) is 38.4. The van der Waals surface area contributed by atoms with E-state index < -0.39 is 29.2 Å². The first-order valence-electron chi connectivity index (χ1n) is 8.59. The normalized spacial score (nSPS) is 20.8. The Kier molecular flexibility index (Phi) is 5.79. The minimum absolute atomic E-state index is 0.0263. The van der Waals surface area contributed by atoms with E-state index in [0.29, 0.717) is 17.1 Å². The molecule has 0 aliphatic carbocycles. The lowest BCUT2D eigenvalue weighted by atomic mass is 10.0. The van der Waals surface area contributed by atoms with Gasteiger partial charge in [-0.1, -0.05) is 34.7 Å². The number of carbonyl (C=O) groups is 3. The lowest BCUT2D eigenvalue weighted by Crippen LogP contribution is -2.70. The van der Waals surface area contributed by atoms with Gasteiger partial charge in [-0.15, -0.1) is 22.0 Å². The predicted octanol–water partition coefficient (Wildman–Crippen LogP) is 1.38. The SMILES string of the molecule is Cc1nnc(SCC2=C(C(=O)O)N3C(=O)[C@H](NC(=O)c4c(Cl)cnn4C)[C@H]3SC2)s1. The van der Waals surface area contributed by atoms with Crippen molar-refractivity contribution in [3.63, 3.8) is 0 Å². The molecule has 2 amide bonds. The van der Waals surface area contributed by atoms with Crippen LogP contribution in [0.5, 0.6) is 0 Å². The number of carbonyl (C=O) groups excluding carboxylic acids is 2. The van der Waals surface area contributed by atoms with E-state index in [0.717, 1.165) is 9.35 Å². The number of carboxylic acid groups (broad SMARTS) is 1. The molecule has 2 N–H and O–H groups in total. The van der Waals surface area contributed by atoms with Crippen LogP contribution in [0.2, 0.25) is 5.02 Å². The van der Waals surface area contributed by atoms with Crippen LogP contribution >= 0.6 is 46.5 Å². The number of aryl methyl sites for hydroxylation is 2. The van der Waals surface area contributed by atoms with Crippen molar-refractivity contribution >= 4 is 64.2 Å². The number of β-lactam (4-membered cyclic amide) rings is 1. The number of halogens is 1. The molecule has 2 aliphatic rings. The highest BCUT2D eigenvalue weighted by Gasteiger charge is 2.54. The van der Waals surface area contributed by atoms with Crippen LogP contribution in [0, 0.1) is 6.92 Å². The van der Waals surface area contributed by atoms with Crippen molar-refractivity contribution in [1.29, 1.82) is 0 Å². The number of aromatic nitrogens is 4. The molecule has 158 valence electrons. The van der Waals surface area contributed by atoms with Gasteiger partial charge in [-0.2, -0.15) is 5.10 Å². The number of thioether (sulfide) groups is 2. The third kappa shape index (κ3) is 3.70. The molecule has 4 rings (SSSR count). The second kappa shape index (κ2) is 8.21. The maximum atomic E-state index is 12.7. The number of hydrogen-bond donors (Lipinski definition) is 2. The molecule has 1 saturated heterocycles. The number of aliphatic carboxylic acids is 1. The Morgan fingerprint density at radius 2 is 2.20 bits per heavy atom. The van der Waals surface area contributed by atoms with Crippen molar-refractivity contribution in [2.24, 2.45) is 7.05 Å². The minimum atomic E-state index is -1.17. The first-order valence-corrected chi connectivity index (χ1v) is 11.8. The Morgan fingerprint density at radius 1 is 1.43 bits per heavy atom. The third-order valence-corrected chi connectivity index (χ3v) is 8.20. The highest BCUT2D eigenvalue weighted by Crippen LogP contribution is 2.41. The van der Waals surface area contributed by atoms with Gasteiger partial charge in [0.25, 0.3) is 11.8 Å². The van der Waals surface area contributed by atoms with Gasteiger partial charge in [0.1, 0.15) is 27.8 Å². The summed E-state index contributed by atoms with van der Waals surface area (Å²) in [5.74, 6) is -1.35. The molecule has 2 aromatic rings. The molecule has 0 bridgehead atoms. The van der Waals surface area contributed by atoms with Crippen molar-refractivity contribution < 1.29 is 19.5 Å². The van der Waals surface area contributed by atoms with E-state index in [2.05, 4.69) is 20.6 Å². The van der Waals surface area contributed by atoms with Crippen LogP contribution in [0.3, 0.4) is 0 Å². The zero-order valence-corrected chi connectivity index (χ0v) is 18.9. The van der Waals surface area contributed by atoms with Gasteiger partial charge in [-0.3, -0.25) is 19.2 Å². The summed E-state index contributed by atoms with van der Waals surface area (Å²) in [6.45, 7) is 1.84. The van der Waals surface area contributed by atoms with Gasteiger partial charge in [0.05, 0.1) is 11.2 Å². The second-order valence-corrected chi connectivity index (χ2v) is 10.4. The van der Waals surface area contributed by atoms with E-state index in [1.165, 1.54) is 50.6 Å². The van der Waals surface area contributed by atoms with Crippen LogP contribution < -0.4 is 5.32 Å². The topological polar surface area (TPSA) is 130 Å². The number of amides is 2. The standard InChI is InChI=1S/C16H15ClN6O4S3/c1-6-20-21-16(30-6)29-5-7-4-28-14-9(13(25)23(14)10(7)15(26)27)19-12(24)11-8(17)3-18-22(11)2/h3,9,14H,4-5H2,1-2H3,(H,19,24)(H,26,27)/t9-,14+/m0/s1. The maximum absolute atomic E-state index is 12.7. The van der Waals surface area contributed by atoms with Crippen LogP contribution in [-0.2, 0) is 16.6 Å². The molecule has 0 saturated carbocycles. The summed E-state index contributed by atoms with van der Waals surface area (Å²) in [6, 6.07) is -0.831.